The number of hydrogen-bond acceptors (Lipinski definition) is 3. The largest absolute Gasteiger partial charge is 0.337 e. The van der Waals surface area contributed by atoms with Gasteiger partial charge in [0, 0.05) is 32.4 Å². The number of nitrogens with zero attached hydrogens (tertiary/aromatic N) is 2. The summed E-state index contributed by atoms with van der Waals surface area (Å²) in [6.45, 7) is 3.56. The van der Waals surface area contributed by atoms with Crippen LogP contribution >= 0.6 is 0 Å². The van der Waals surface area contributed by atoms with Gasteiger partial charge in [0.15, 0.2) is 0 Å². The van der Waals surface area contributed by atoms with Crippen molar-refractivity contribution in [3.8, 4) is 0 Å². The maximum atomic E-state index is 5.46. The first-order valence-corrected chi connectivity index (χ1v) is 4.12. The summed E-state index contributed by atoms with van der Waals surface area (Å²) in [5.41, 5.74) is 6.64. The Morgan fingerprint density at radius 2 is 2.50 bits per heavy atom. The molecule has 1 aromatic rings. The predicted octanol–water partition coefficient (Wildman–Crippen LogP) is -0.143. The third kappa shape index (κ3) is 2.32. The summed E-state index contributed by atoms with van der Waals surface area (Å²) >= 11 is 0. The molecule has 0 amide bonds. The van der Waals surface area contributed by atoms with E-state index < -0.39 is 0 Å². The van der Waals surface area contributed by atoms with Crippen LogP contribution < -0.4 is 11.1 Å². The molecule has 12 heavy (non-hydrogen) atoms. The van der Waals surface area contributed by atoms with Crippen molar-refractivity contribution < 1.29 is 0 Å². The zero-order valence-electron chi connectivity index (χ0n) is 7.62. The molecule has 3 N–H and O–H groups in total. The lowest BCUT2D eigenvalue weighted by molar-refractivity contribution is 0.542. The molecule has 0 aliphatic rings. The number of nitrogens with two attached hydrogens (primary N) is 1. The second-order valence-corrected chi connectivity index (χ2v) is 3.01. The van der Waals surface area contributed by atoms with Gasteiger partial charge >= 0.3 is 0 Å². The van der Waals surface area contributed by atoms with E-state index in [0.29, 0.717) is 12.6 Å². The molecule has 0 saturated carbocycles. The van der Waals surface area contributed by atoms with Crippen molar-refractivity contribution in [2.45, 2.75) is 19.5 Å². The van der Waals surface area contributed by atoms with Crippen LogP contribution in [0.5, 0.6) is 0 Å². The van der Waals surface area contributed by atoms with Gasteiger partial charge in [-0.05, 0) is 6.92 Å². The predicted molar refractivity (Wildman–Crippen MR) is 48.6 cm³/mol. The number of nitrogens with one attached hydrogen (secondary N) is 1. The van der Waals surface area contributed by atoms with E-state index in [9.17, 15) is 0 Å². The molecule has 0 bridgehead atoms. The van der Waals surface area contributed by atoms with E-state index >= 15 is 0 Å². The molecule has 4 heteroatoms. The highest BCUT2D eigenvalue weighted by Crippen LogP contribution is 1.95. The highest BCUT2D eigenvalue weighted by molar-refractivity contribution is 4.96. The zero-order valence-corrected chi connectivity index (χ0v) is 7.62. The van der Waals surface area contributed by atoms with Crippen molar-refractivity contribution in [3.63, 3.8) is 0 Å². The average molecular weight is 168 g/mol. The van der Waals surface area contributed by atoms with Gasteiger partial charge < -0.3 is 15.6 Å². The Labute approximate surface area is 72.8 Å². The molecular weight excluding hydrogens is 152 g/mol. The number of imidazole rings is 1. The smallest absolute Gasteiger partial charge is 0.0945 e. The van der Waals surface area contributed by atoms with E-state index in [1.807, 2.05) is 17.8 Å². The van der Waals surface area contributed by atoms with Gasteiger partial charge in [0.2, 0.25) is 0 Å². The van der Waals surface area contributed by atoms with Gasteiger partial charge in [0.05, 0.1) is 12.0 Å². The molecule has 1 aromatic heterocycles. The molecule has 0 unspecified atom stereocenters. The lowest BCUT2D eigenvalue weighted by Crippen LogP contribution is -2.33. The second-order valence-electron chi connectivity index (χ2n) is 3.01. The summed E-state index contributed by atoms with van der Waals surface area (Å²) in [5.74, 6) is 0. The number of aryl methyl sites for hydroxylation is 1. The van der Waals surface area contributed by atoms with Crippen LogP contribution in [0, 0.1) is 0 Å². The van der Waals surface area contributed by atoms with Gasteiger partial charge in [0.25, 0.3) is 0 Å². The molecule has 0 radical (unpaired) electrons. The van der Waals surface area contributed by atoms with Crippen LogP contribution in [0.3, 0.4) is 0 Å². The minimum atomic E-state index is 0.361. The number of aromatic nitrogens is 2. The van der Waals surface area contributed by atoms with Crippen molar-refractivity contribution in [1.82, 2.24) is 14.9 Å². The molecule has 4 nitrogen and oxygen atoms in total. The third-order valence-electron chi connectivity index (χ3n) is 1.90. The van der Waals surface area contributed by atoms with Crippen LogP contribution in [-0.2, 0) is 13.6 Å². The van der Waals surface area contributed by atoms with E-state index in [0.717, 1.165) is 6.54 Å². The summed E-state index contributed by atoms with van der Waals surface area (Å²) in [6.07, 6.45) is 3.65. The second kappa shape index (κ2) is 4.23. The molecule has 0 spiro atoms. The maximum absolute atomic E-state index is 5.46. The standard InChI is InChI=1S/C8H16N4/c1-7(3-9)11-5-8-4-10-6-12(8)2/h4,6-7,11H,3,5,9H2,1-2H3/t7-/m0/s1. The van der Waals surface area contributed by atoms with Crippen LogP contribution in [-0.4, -0.2) is 22.1 Å². The molecule has 0 aromatic carbocycles. The normalized spacial score (nSPS) is 13.2. The Balaban J connectivity index is 2.38. The summed E-state index contributed by atoms with van der Waals surface area (Å²) < 4.78 is 2.00. The first-order valence-electron chi connectivity index (χ1n) is 4.12. The fourth-order valence-corrected chi connectivity index (χ4v) is 0.917. The van der Waals surface area contributed by atoms with E-state index in [-0.39, 0.29) is 0 Å². The Morgan fingerprint density at radius 1 is 1.75 bits per heavy atom. The minimum absolute atomic E-state index is 0.361. The highest BCUT2D eigenvalue weighted by atomic mass is 15.0. The molecule has 0 aliphatic carbocycles. The molecule has 0 saturated heterocycles. The van der Waals surface area contributed by atoms with Gasteiger partial charge in [-0.25, -0.2) is 4.98 Å². The van der Waals surface area contributed by atoms with Crippen LogP contribution in [0.1, 0.15) is 12.6 Å². The Kier molecular flexibility index (Phi) is 3.25. The van der Waals surface area contributed by atoms with Gasteiger partial charge in [-0.1, -0.05) is 0 Å². The molecule has 1 heterocycles. The maximum Gasteiger partial charge on any atom is 0.0945 e. The van der Waals surface area contributed by atoms with Gasteiger partial charge in [0.1, 0.15) is 0 Å². The van der Waals surface area contributed by atoms with Crippen molar-refractivity contribution >= 4 is 0 Å². The monoisotopic (exact) mass is 168 g/mol. The fraction of sp³-hybridized carbons (Fsp3) is 0.625. The lowest BCUT2D eigenvalue weighted by Gasteiger charge is -2.10. The van der Waals surface area contributed by atoms with Crippen molar-refractivity contribution in [2.75, 3.05) is 6.54 Å². The summed E-state index contributed by atoms with van der Waals surface area (Å²) in [7, 11) is 1.98. The molecule has 0 aliphatic heterocycles. The Morgan fingerprint density at radius 3 is 3.00 bits per heavy atom. The van der Waals surface area contributed by atoms with Crippen LogP contribution in [0.4, 0.5) is 0 Å². The first-order chi connectivity index (χ1) is 5.74. The third-order valence-corrected chi connectivity index (χ3v) is 1.90. The van der Waals surface area contributed by atoms with Crippen LogP contribution in [0.25, 0.3) is 0 Å². The van der Waals surface area contributed by atoms with Gasteiger partial charge in [-0.15, -0.1) is 0 Å². The van der Waals surface area contributed by atoms with E-state index in [1.54, 1.807) is 6.33 Å². The van der Waals surface area contributed by atoms with Gasteiger partial charge in [-0.3, -0.25) is 0 Å². The summed E-state index contributed by atoms with van der Waals surface area (Å²) in [4.78, 5) is 4.02. The Hall–Kier alpha value is -0.870. The van der Waals surface area contributed by atoms with E-state index in [4.69, 9.17) is 5.73 Å². The molecular formula is C8H16N4. The molecule has 68 valence electrons. The number of hydrogen-bond donors (Lipinski definition) is 2. The molecule has 1 rings (SSSR count). The zero-order chi connectivity index (χ0) is 8.97. The van der Waals surface area contributed by atoms with Crippen molar-refractivity contribution in [2.24, 2.45) is 12.8 Å². The van der Waals surface area contributed by atoms with Gasteiger partial charge in [-0.2, -0.15) is 0 Å². The highest BCUT2D eigenvalue weighted by Gasteiger charge is 2.00. The lowest BCUT2D eigenvalue weighted by atomic mass is 10.3. The Bertz CT molecular complexity index is 231. The molecule has 0 fully saturated rings. The minimum Gasteiger partial charge on any atom is -0.337 e. The van der Waals surface area contributed by atoms with Crippen LogP contribution in [0.15, 0.2) is 12.5 Å². The van der Waals surface area contributed by atoms with E-state index in [2.05, 4.69) is 17.2 Å². The average Bonchev–Trinajstić information content (AvgIpc) is 2.47. The summed E-state index contributed by atoms with van der Waals surface area (Å²) in [5, 5.41) is 3.29. The quantitative estimate of drug-likeness (QED) is 0.657. The number of rotatable bonds is 4. The van der Waals surface area contributed by atoms with Crippen molar-refractivity contribution in [1.29, 1.82) is 0 Å². The SMILES string of the molecule is C[C@@H](CN)NCc1cncn1C. The first kappa shape index (κ1) is 9.22. The summed E-state index contributed by atoms with van der Waals surface area (Å²) in [6, 6.07) is 0.361. The van der Waals surface area contributed by atoms with E-state index in [1.165, 1.54) is 5.69 Å². The topological polar surface area (TPSA) is 55.9 Å². The van der Waals surface area contributed by atoms with Crippen LogP contribution in [0.2, 0.25) is 0 Å². The van der Waals surface area contributed by atoms with Crippen molar-refractivity contribution in [3.05, 3.63) is 18.2 Å². The molecule has 1 atom stereocenters. The fourth-order valence-electron chi connectivity index (χ4n) is 0.917.